The maximum Gasteiger partial charge on any atom is 0.0195 e. The molecule has 0 saturated carbocycles. The molecule has 0 radical (unpaired) electrons. The molecule has 1 heterocycles. The zero-order chi connectivity index (χ0) is 12.3. The maximum atomic E-state index is 3.61. The van der Waals surface area contributed by atoms with Gasteiger partial charge in [-0.15, -0.1) is 0 Å². The van der Waals surface area contributed by atoms with Gasteiger partial charge in [0.1, 0.15) is 0 Å². The van der Waals surface area contributed by atoms with Crippen LogP contribution in [0.25, 0.3) is 0 Å². The molecule has 0 bridgehead atoms. The molecule has 0 amide bonds. The van der Waals surface area contributed by atoms with Gasteiger partial charge >= 0.3 is 0 Å². The second-order valence-corrected chi connectivity index (χ2v) is 6.58. The SMILES string of the molecule is CC1CCCN(C(C)CNC(C)(C)C)C1C. The van der Waals surface area contributed by atoms with Gasteiger partial charge in [-0.05, 0) is 59.9 Å². The van der Waals surface area contributed by atoms with Crippen LogP contribution in [0.4, 0.5) is 0 Å². The van der Waals surface area contributed by atoms with Crippen LogP contribution in [0.3, 0.4) is 0 Å². The number of hydrogen-bond donors (Lipinski definition) is 1. The van der Waals surface area contributed by atoms with Gasteiger partial charge in [0.15, 0.2) is 0 Å². The molecule has 3 atom stereocenters. The lowest BCUT2D eigenvalue weighted by atomic mass is 9.91. The van der Waals surface area contributed by atoms with Gasteiger partial charge < -0.3 is 5.32 Å². The lowest BCUT2D eigenvalue weighted by Gasteiger charge is -2.42. The van der Waals surface area contributed by atoms with Gasteiger partial charge in [0.25, 0.3) is 0 Å². The molecule has 0 aliphatic carbocycles. The smallest absolute Gasteiger partial charge is 0.0195 e. The number of nitrogens with one attached hydrogen (secondary N) is 1. The Morgan fingerprint density at radius 1 is 1.31 bits per heavy atom. The van der Waals surface area contributed by atoms with E-state index in [1.807, 2.05) is 0 Å². The Labute approximate surface area is 102 Å². The van der Waals surface area contributed by atoms with E-state index in [1.165, 1.54) is 19.4 Å². The van der Waals surface area contributed by atoms with E-state index in [4.69, 9.17) is 0 Å². The van der Waals surface area contributed by atoms with E-state index in [2.05, 4.69) is 51.8 Å². The molecule has 3 unspecified atom stereocenters. The van der Waals surface area contributed by atoms with E-state index in [9.17, 15) is 0 Å². The minimum Gasteiger partial charge on any atom is -0.311 e. The third kappa shape index (κ3) is 4.06. The fourth-order valence-electron chi connectivity index (χ4n) is 2.56. The molecule has 0 aromatic carbocycles. The lowest BCUT2D eigenvalue weighted by molar-refractivity contribution is 0.0724. The molecule has 1 aliphatic heterocycles. The number of piperidine rings is 1. The monoisotopic (exact) mass is 226 g/mol. The summed E-state index contributed by atoms with van der Waals surface area (Å²) < 4.78 is 0. The topological polar surface area (TPSA) is 15.3 Å². The first kappa shape index (κ1) is 14.0. The molecule has 1 N–H and O–H groups in total. The van der Waals surface area contributed by atoms with Gasteiger partial charge in [-0.25, -0.2) is 0 Å². The summed E-state index contributed by atoms with van der Waals surface area (Å²) in [6, 6.07) is 1.39. The van der Waals surface area contributed by atoms with Crippen LogP contribution < -0.4 is 5.32 Å². The van der Waals surface area contributed by atoms with Crippen molar-refractivity contribution in [1.29, 1.82) is 0 Å². The Bertz CT molecular complexity index is 207. The summed E-state index contributed by atoms with van der Waals surface area (Å²) in [4.78, 5) is 2.67. The first-order valence-corrected chi connectivity index (χ1v) is 6.82. The molecule has 1 saturated heterocycles. The average molecular weight is 226 g/mol. The highest BCUT2D eigenvalue weighted by atomic mass is 15.2. The highest BCUT2D eigenvalue weighted by Crippen LogP contribution is 2.24. The summed E-state index contributed by atoms with van der Waals surface area (Å²) in [6.07, 6.45) is 2.77. The molecule has 0 spiro atoms. The Hall–Kier alpha value is -0.0800. The number of hydrogen-bond acceptors (Lipinski definition) is 2. The normalized spacial score (nSPS) is 30.4. The van der Waals surface area contributed by atoms with Gasteiger partial charge in [-0.2, -0.15) is 0 Å². The first-order valence-electron chi connectivity index (χ1n) is 6.82. The van der Waals surface area contributed by atoms with Crippen LogP contribution in [-0.4, -0.2) is 35.6 Å². The quantitative estimate of drug-likeness (QED) is 0.796. The minimum atomic E-state index is 0.235. The first-order chi connectivity index (χ1) is 7.31. The second kappa shape index (κ2) is 5.50. The standard InChI is InChI=1S/C14H30N2/c1-11-8-7-9-16(13(11)3)12(2)10-15-14(4,5)6/h11-13,15H,7-10H2,1-6H3. The van der Waals surface area contributed by atoms with Crippen LogP contribution in [0.15, 0.2) is 0 Å². The molecule has 2 nitrogen and oxygen atoms in total. The van der Waals surface area contributed by atoms with Gasteiger partial charge in [0.2, 0.25) is 0 Å². The number of nitrogens with zero attached hydrogens (tertiary/aromatic N) is 1. The molecule has 96 valence electrons. The summed E-state index contributed by atoms with van der Waals surface area (Å²) in [6.45, 7) is 16.2. The summed E-state index contributed by atoms with van der Waals surface area (Å²) in [5, 5.41) is 3.61. The predicted molar refractivity (Wildman–Crippen MR) is 71.8 cm³/mol. The van der Waals surface area contributed by atoms with Gasteiger partial charge in [-0.3, -0.25) is 4.90 Å². The summed E-state index contributed by atoms with van der Waals surface area (Å²) in [5.41, 5.74) is 0.235. The second-order valence-electron chi connectivity index (χ2n) is 6.58. The Morgan fingerprint density at radius 3 is 2.50 bits per heavy atom. The predicted octanol–water partition coefficient (Wildman–Crippen LogP) is 2.88. The molecule has 16 heavy (non-hydrogen) atoms. The Kier molecular flexibility index (Phi) is 4.81. The molecule has 1 aliphatic rings. The van der Waals surface area contributed by atoms with Crippen LogP contribution >= 0.6 is 0 Å². The third-order valence-electron chi connectivity index (χ3n) is 3.92. The fourth-order valence-corrected chi connectivity index (χ4v) is 2.56. The van der Waals surface area contributed by atoms with E-state index in [0.29, 0.717) is 6.04 Å². The number of likely N-dealkylation sites (tertiary alicyclic amines) is 1. The molecule has 1 rings (SSSR count). The van der Waals surface area contributed by atoms with Crippen molar-refractivity contribution < 1.29 is 0 Å². The fraction of sp³-hybridized carbons (Fsp3) is 1.00. The molecule has 0 aromatic rings. The highest BCUT2D eigenvalue weighted by molar-refractivity contribution is 4.84. The maximum absolute atomic E-state index is 3.61. The molecular formula is C14H30N2. The zero-order valence-electron chi connectivity index (χ0n) is 12.0. The van der Waals surface area contributed by atoms with Crippen LogP contribution in [0, 0.1) is 5.92 Å². The van der Waals surface area contributed by atoms with Crippen LogP contribution in [0.2, 0.25) is 0 Å². The van der Waals surface area contributed by atoms with Crippen molar-refractivity contribution in [1.82, 2.24) is 10.2 Å². The van der Waals surface area contributed by atoms with Crippen LogP contribution in [-0.2, 0) is 0 Å². The van der Waals surface area contributed by atoms with Crippen molar-refractivity contribution in [3.8, 4) is 0 Å². The van der Waals surface area contributed by atoms with E-state index in [1.54, 1.807) is 0 Å². The number of rotatable bonds is 3. The van der Waals surface area contributed by atoms with Crippen LogP contribution in [0.1, 0.15) is 54.4 Å². The molecule has 0 aromatic heterocycles. The van der Waals surface area contributed by atoms with Crippen molar-refractivity contribution in [3.63, 3.8) is 0 Å². The van der Waals surface area contributed by atoms with E-state index in [-0.39, 0.29) is 5.54 Å². The van der Waals surface area contributed by atoms with Crippen molar-refractivity contribution in [2.24, 2.45) is 5.92 Å². The Balaban J connectivity index is 2.43. The summed E-state index contributed by atoms with van der Waals surface area (Å²) >= 11 is 0. The molecular weight excluding hydrogens is 196 g/mol. The van der Waals surface area contributed by atoms with E-state index < -0.39 is 0 Å². The molecule has 2 heteroatoms. The minimum absolute atomic E-state index is 0.235. The summed E-state index contributed by atoms with van der Waals surface area (Å²) in [7, 11) is 0. The van der Waals surface area contributed by atoms with E-state index in [0.717, 1.165) is 18.5 Å². The average Bonchev–Trinajstić information content (AvgIpc) is 2.17. The summed E-state index contributed by atoms with van der Waals surface area (Å²) in [5.74, 6) is 0.853. The molecule has 1 fully saturated rings. The van der Waals surface area contributed by atoms with Gasteiger partial charge in [-0.1, -0.05) is 6.92 Å². The van der Waals surface area contributed by atoms with Crippen LogP contribution in [0.5, 0.6) is 0 Å². The van der Waals surface area contributed by atoms with Gasteiger partial charge in [0.05, 0.1) is 0 Å². The van der Waals surface area contributed by atoms with Crippen molar-refractivity contribution in [3.05, 3.63) is 0 Å². The lowest BCUT2D eigenvalue weighted by Crippen LogP contribution is -2.52. The Morgan fingerprint density at radius 2 is 1.94 bits per heavy atom. The highest BCUT2D eigenvalue weighted by Gasteiger charge is 2.28. The van der Waals surface area contributed by atoms with Crippen molar-refractivity contribution in [2.45, 2.75) is 72.0 Å². The van der Waals surface area contributed by atoms with Crippen molar-refractivity contribution in [2.75, 3.05) is 13.1 Å². The van der Waals surface area contributed by atoms with E-state index >= 15 is 0 Å². The van der Waals surface area contributed by atoms with Crippen molar-refractivity contribution >= 4 is 0 Å². The largest absolute Gasteiger partial charge is 0.311 e. The third-order valence-corrected chi connectivity index (χ3v) is 3.92. The van der Waals surface area contributed by atoms with Gasteiger partial charge in [0, 0.05) is 24.2 Å². The zero-order valence-corrected chi connectivity index (χ0v) is 12.0.